The summed E-state index contributed by atoms with van der Waals surface area (Å²) in [6, 6.07) is 10.1. The minimum atomic E-state index is -0.751. The van der Waals surface area contributed by atoms with Crippen molar-refractivity contribution in [3.05, 3.63) is 70.8 Å². The third-order valence-electron chi connectivity index (χ3n) is 2.77. The van der Waals surface area contributed by atoms with Crippen LogP contribution in [-0.2, 0) is 12.4 Å². The smallest absolute Gasteiger partial charge is 0.254 e. The molecule has 0 aliphatic rings. The van der Waals surface area contributed by atoms with Crippen LogP contribution in [0.2, 0.25) is 0 Å². The average molecular weight is 296 g/mol. The molecular formula is C15H12ClF2NO. The molecule has 0 heterocycles. The van der Waals surface area contributed by atoms with Crippen LogP contribution in [-0.4, -0.2) is 5.91 Å². The van der Waals surface area contributed by atoms with Crippen molar-refractivity contribution < 1.29 is 13.6 Å². The van der Waals surface area contributed by atoms with Gasteiger partial charge in [0.1, 0.15) is 11.6 Å². The molecule has 1 amide bonds. The van der Waals surface area contributed by atoms with Crippen LogP contribution in [0.4, 0.5) is 8.78 Å². The molecule has 0 fully saturated rings. The Morgan fingerprint density at radius 2 is 1.85 bits per heavy atom. The Balaban J connectivity index is 2.06. The highest BCUT2D eigenvalue weighted by Crippen LogP contribution is 2.11. The first-order valence-electron chi connectivity index (χ1n) is 5.97. The maximum Gasteiger partial charge on any atom is 0.254 e. The number of carbonyl (C=O) groups excluding carboxylic acids is 1. The van der Waals surface area contributed by atoms with E-state index in [0.717, 1.165) is 29.3 Å². The molecule has 0 aliphatic carbocycles. The topological polar surface area (TPSA) is 29.1 Å². The van der Waals surface area contributed by atoms with E-state index in [1.54, 1.807) is 0 Å². The number of alkyl halides is 1. The fourth-order valence-electron chi connectivity index (χ4n) is 1.77. The molecule has 0 atom stereocenters. The summed E-state index contributed by atoms with van der Waals surface area (Å²) in [6.07, 6.45) is 0. The normalized spacial score (nSPS) is 10.3. The van der Waals surface area contributed by atoms with Crippen molar-refractivity contribution in [1.29, 1.82) is 0 Å². The SMILES string of the molecule is O=C(NCc1cccc(CCl)c1)c1cc(F)ccc1F. The predicted molar refractivity (Wildman–Crippen MR) is 73.5 cm³/mol. The van der Waals surface area contributed by atoms with E-state index < -0.39 is 17.5 Å². The van der Waals surface area contributed by atoms with Gasteiger partial charge in [0.2, 0.25) is 0 Å². The van der Waals surface area contributed by atoms with Gasteiger partial charge in [0.25, 0.3) is 5.91 Å². The lowest BCUT2D eigenvalue weighted by molar-refractivity contribution is 0.0946. The fraction of sp³-hybridized carbons (Fsp3) is 0.133. The van der Waals surface area contributed by atoms with E-state index in [1.165, 1.54) is 0 Å². The molecular weight excluding hydrogens is 284 g/mol. The van der Waals surface area contributed by atoms with Crippen LogP contribution < -0.4 is 5.32 Å². The zero-order valence-electron chi connectivity index (χ0n) is 10.5. The van der Waals surface area contributed by atoms with E-state index >= 15 is 0 Å². The van der Waals surface area contributed by atoms with E-state index in [-0.39, 0.29) is 12.1 Å². The third kappa shape index (κ3) is 3.54. The maximum atomic E-state index is 13.4. The van der Waals surface area contributed by atoms with Crippen molar-refractivity contribution in [2.75, 3.05) is 0 Å². The molecule has 0 radical (unpaired) electrons. The number of carbonyl (C=O) groups is 1. The summed E-state index contributed by atoms with van der Waals surface area (Å²) in [5.74, 6) is -1.68. The summed E-state index contributed by atoms with van der Waals surface area (Å²) in [6.45, 7) is 0.222. The summed E-state index contributed by atoms with van der Waals surface area (Å²) >= 11 is 5.72. The first kappa shape index (κ1) is 14.5. The van der Waals surface area contributed by atoms with Gasteiger partial charge in [-0.25, -0.2) is 8.78 Å². The zero-order valence-corrected chi connectivity index (χ0v) is 11.3. The van der Waals surface area contributed by atoms with Crippen molar-refractivity contribution >= 4 is 17.5 Å². The van der Waals surface area contributed by atoms with Gasteiger partial charge in [0.15, 0.2) is 0 Å². The Hall–Kier alpha value is -1.94. The summed E-state index contributed by atoms with van der Waals surface area (Å²) in [4.78, 5) is 11.8. The predicted octanol–water partition coefficient (Wildman–Crippen LogP) is 3.63. The lowest BCUT2D eigenvalue weighted by atomic mass is 10.1. The number of hydrogen-bond acceptors (Lipinski definition) is 1. The summed E-state index contributed by atoms with van der Waals surface area (Å²) in [5, 5.41) is 2.55. The Morgan fingerprint density at radius 1 is 1.10 bits per heavy atom. The monoisotopic (exact) mass is 295 g/mol. The number of hydrogen-bond donors (Lipinski definition) is 1. The second-order valence-corrected chi connectivity index (χ2v) is 4.53. The molecule has 2 aromatic rings. The van der Waals surface area contributed by atoms with Crippen LogP contribution in [0.25, 0.3) is 0 Å². The van der Waals surface area contributed by atoms with Crippen LogP contribution in [0.1, 0.15) is 21.5 Å². The Morgan fingerprint density at radius 3 is 2.60 bits per heavy atom. The zero-order chi connectivity index (χ0) is 14.5. The molecule has 0 aliphatic heterocycles. The summed E-state index contributed by atoms with van der Waals surface area (Å²) < 4.78 is 26.4. The quantitative estimate of drug-likeness (QED) is 0.857. The van der Waals surface area contributed by atoms with E-state index in [4.69, 9.17) is 11.6 Å². The van der Waals surface area contributed by atoms with Gasteiger partial charge in [-0.3, -0.25) is 4.79 Å². The third-order valence-corrected chi connectivity index (χ3v) is 3.08. The standard InChI is InChI=1S/C15H12ClF2NO/c16-8-10-2-1-3-11(6-10)9-19-15(20)13-7-12(17)4-5-14(13)18/h1-7H,8-9H2,(H,19,20). The van der Waals surface area contributed by atoms with Gasteiger partial charge in [-0.2, -0.15) is 0 Å². The van der Waals surface area contributed by atoms with Gasteiger partial charge in [0.05, 0.1) is 5.56 Å². The highest BCUT2D eigenvalue weighted by Gasteiger charge is 2.12. The Bertz CT molecular complexity index is 631. The average Bonchev–Trinajstić information content (AvgIpc) is 2.47. The van der Waals surface area contributed by atoms with Crippen LogP contribution in [0.3, 0.4) is 0 Å². The van der Waals surface area contributed by atoms with Gasteiger partial charge in [-0.05, 0) is 29.3 Å². The van der Waals surface area contributed by atoms with E-state index in [1.807, 2.05) is 24.3 Å². The van der Waals surface area contributed by atoms with Gasteiger partial charge in [-0.1, -0.05) is 24.3 Å². The molecule has 2 aromatic carbocycles. The summed E-state index contributed by atoms with van der Waals surface area (Å²) in [5.41, 5.74) is 1.46. The summed E-state index contributed by atoms with van der Waals surface area (Å²) in [7, 11) is 0. The molecule has 0 unspecified atom stereocenters. The van der Waals surface area contributed by atoms with E-state index in [0.29, 0.717) is 5.88 Å². The molecule has 0 saturated carbocycles. The molecule has 1 N–H and O–H groups in total. The second-order valence-electron chi connectivity index (χ2n) is 4.26. The van der Waals surface area contributed by atoms with Crippen molar-refractivity contribution in [2.45, 2.75) is 12.4 Å². The van der Waals surface area contributed by atoms with Gasteiger partial charge in [0, 0.05) is 12.4 Å². The lowest BCUT2D eigenvalue weighted by Gasteiger charge is -2.07. The van der Waals surface area contributed by atoms with Crippen molar-refractivity contribution in [1.82, 2.24) is 5.32 Å². The second kappa shape index (κ2) is 6.48. The van der Waals surface area contributed by atoms with Crippen molar-refractivity contribution in [2.24, 2.45) is 0 Å². The highest BCUT2D eigenvalue weighted by molar-refractivity contribution is 6.17. The van der Waals surface area contributed by atoms with Gasteiger partial charge >= 0.3 is 0 Å². The Labute approximate surface area is 120 Å². The first-order valence-corrected chi connectivity index (χ1v) is 6.50. The number of amides is 1. The molecule has 0 bridgehead atoms. The molecule has 5 heteroatoms. The molecule has 20 heavy (non-hydrogen) atoms. The van der Waals surface area contributed by atoms with Crippen molar-refractivity contribution in [3.63, 3.8) is 0 Å². The molecule has 0 aromatic heterocycles. The molecule has 104 valence electrons. The molecule has 0 saturated heterocycles. The first-order chi connectivity index (χ1) is 9.60. The fourth-order valence-corrected chi connectivity index (χ4v) is 1.94. The lowest BCUT2D eigenvalue weighted by Crippen LogP contribution is -2.24. The van der Waals surface area contributed by atoms with Crippen LogP contribution in [0.15, 0.2) is 42.5 Å². The highest BCUT2D eigenvalue weighted by atomic mass is 35.5. The molecule has 2 rings (SSSR count). The number of halogens is 3. The van der Waals surface area contributed by atoms with Crippen molar-refractivity contribution in [3.8, 4) is 0 Å². The van der Waals surface area contributed by atoms with Gasteiger partial charge in [-0.15, -0.1) is 11.6 Å². The van der Waals surface area contributed by atoms with E-state index in [2.05, 4.69) is 5.32 Å². The molecule has 2 nitrogen and oxygen atoms in total. The minimum Gasteiger partial charge on any atom is -0.348 e. The van der Waals surface area contributed by atoms with Crippen LogP contribution >= 0.6 is 11.6 Å². The number of nitrogens with one attached hydrogen (secondary N) is 1. The van der Waals surface area contributed by atoms with Crippen LogP contribution in [0, 0.1) is 11.6 Å². The Kier molecular flexibility index (Phi) is 4.69. The maximum absolute atomic E-state index is 13.4. The molecule has 0 spiro atoms. The van der Waals surface area contributed by atoms with Gasteiger partial charge < -0.3 is 5.32 Å². The number of benzene rings is 2. The van der Waals surface area contributed by atoms with Crippen LogP contribution in [0.5, 0.6) is 0 Å². The minimum absolute atomic E-state index is 0.222. The number of rotatable bonds is 4. The van der Waals surface area contributed by atoms with E-state index in [9.17, 15) is 13.6 Å². The largest absolute Gasteiger partial charge is 0.348 e.